The molecule has 0 radical (unpaired) electrons. The van der Waals surface area contributed by atoms with Crippen molar-refractivity contribution in [3.8, 4) is 0 Å². The van der Waals surface area contributed by atoms with E-state index in [-0.39, 0.29) is 19.3 Å². The van der Waals surface area contributed by atoms with Crippen molar-refractivity contribution in [2.45, 2.75) is 91.6 Å². The maximum atomic E-state index is 9.54. The second kappa shape index (κ2) is 34.3. The number of hydrogen-bond donors (Lipinski definition) is 3. The molecule has 0 aromatic carbocycles. The van der Waals surface area contributed by atoms with E-state index in [0.717, 1.165) is 19.4 Å². The summed E-state index contributed by atoms with van der Waals surface area (Å²) < 4.78 is 14.6. The van der Waals surface area contributed by atoms with E-state index in [0.29, 0.717) is 33.0 Å². The number of ether oxygens (including phenoxy) is 3. The van der Waals surface area contributed by atoms with Crippen molar-refractivity contribution in [3.05, 3.63) is 0 Å². The molecule has 0 heterocycles. The quantitative estimate of drug-likeness (QED) is 0.297. The molecule has 0 fully saturated rings. The van der Waals surface area contributed by atoms with Gasteiger partial charge in [0.2, 0.25) is 0 Å². The van der Waals surface area contributed by atoms with Gasteiger partial charge in [0.05, 0.1) is 45.7 Å². The number of rotatable bonds is 18. The van der Waals surface area contributed by atoms with Gasteiger partial charge in [0, 0.05) is 13.2 Å². The van der Waals surface area contributed by atoms with Crippen LogP contribution in [0.5, 0.6) is 0 Å². The van der Waals surface area contributed by atoms with Crippen LogP contribution in [0.25, 0.3) is 0 Å². The molecule has 0 aliphatic heterocycles. The summed E-state index contributed by atoms with van der Waals surface area (Å²) in [7, 11) is 0. The first-order valence-electron chi connectivity index (χ1n) is 11.3. The minimum Gasteiger partial charge on any atom is -0.394 e. The van der Waals surface area contributed by atoms with Gasteiger partial charge < -0.3 is 29.5 Å². The van der Waals surface area contributed by atoms with Gasteiger partial charge in [-0.15, -0.1) is 0 Å². The number of hydrogen-bond acceptors (Lipinski definition) is 6. The Bertz CT molecular complexity index is 219. The fourth-order valence-electron chi connectivity index (χ4n) is 2.21. The van der Waals surface area contributed by atoms with Gasteiger partial charge in [-0.3, -0.25) is 0 Å². The third-order valence-corrected chi connectivity index (χ3v) is 3.78. The Balaban J connectivity index is -0.000000362. The minimum absolute atomic E-state index is 0.0263. The van der Waals surface area contributed by atoms with Gasteiger partial charge in [-0.2, -0.15) is 0 Å². The van der Waals surface area contributed by atoms with Crippen LogP contribution in [0.3, 0.4) is 0 Å². The second-order valence-electron chi connectivity index (χ2n) is 6.45. The standard InChI is InChI=1S/C12H26O.C6H14O3.C4H10O2/c1-3-5-7-8-9-11-12(13)10-6-4-2;1-2-8-5-6-9-4-3-7;1-2-6-4-3-5/h12-13H,3-11H2,1-2H3;7H,2-6H2,1H3;5H,2-4H2,1H3. The van der Waals surface area contributed by atoms with E-state index in [9.17, 15) is 5.11 Å². The molecule has 28 heavy (non-hydrogen) atoms. The van der Waals surface area contributed by atoms with Crippen LogP contribution in [0.15, 0.2) is 0 Å². The summed E-state index contributed by atoms with van der Waals surface area (Å²) in [5.74, 6) is 0. The topological polar surface area (TPSA) is 88.4 Å². The van der Waals surface area contributed by atoms with E-state index in [1.54, 1.807) is 0 Å². The Labute approximate surface area is 174 Å². The normalized spacial score (nSPS) is 11.2. The molecule has 1 atom stereocenters. The van der Waals surface area contributed by atoms with E-state index >= 15 is 0 Å². The molecule has 0 bridgehead atoms. The van der Waals surface area contributed by atoms with Crippen LogP contribution in [-0.2, 0) is 14.2 Å². The van der Waals surface area contributed by atoms with Crippen molar-refractivity contribution in [1.82, 2.24) is 0 Å². The van der Waals surface area contributed by atoms with Crippen LogP contribution < -0.4 is 0 Å². The van der Waals surface area contributed by atoms with Crippen LogP contribution in [-0.4, -0.2) is 74.3 Å². The summed E-state index contributed by atoms with van der Waals surface area (Å²) in [5, 5.41) is 25.9. The first-order chi connectivity index (χ1) is 13.6. The van der Waals surface area contributed by atoms with E-state index in [1.165, 1.54) is 44.9 Å². The first kappa shape index (κ1) is 32.4. The van der Waals surface area contributed by atoms with Crippen LogP contribution >= 0.6 is 0 Å². The average Bonchev–Trinajstić information content (AvgIpc) is 2.71. The molecular weight excluding hydrogens is 360 g/mol. The van der Waals surface area contributed by atoms with E-state index in [2.05, 4.69) is 13.8 Å². The molecule has 3 N–H and O–H groups in total. The zero-order valence-electron chi connectivity index (χ0n) is 19.2. The number of aliphatic hydroxyl groups is 3. The first-order valence-corrected chi connectivity index (χ1v) is 11.3. The maximum Gasteiger partial charge on any atom is 0.0701 e. The second-order valence-corrected chi connectivity index (χ2v) is 6.45. The van der Waals surface area contributed by atoms with Crippen molar-refractivity contribution < 1.29 is 29.5 Å². The van der Waals surface area contributed by atoms with Gasteiger partial charge in [-0.1, -0.05) is 58.8 Å². The van der Waals surface area contributed by atoms with Gasteiger partial charge in [0.15, 0.2) is 0 Å². The van der Waals surface area contributed by atoms with Gasteiger partial charge in [-0.05, 0) is 26.7 Å². The van der Waals surface area contributed by atoms with Gasteiger partial charge in [-0.25, -0.2) is 0 Å². The van der Waals surface area contributed by atoms with E-state index < -0.39 is 0 Å². The molecule has 0 saturated carbocycles. The molecule has 6 heteroatoms. The van der Waals surface area contributed by atoms with Crippen LogP contribution in [0.2, 0.25) is 0 Å². The third kappa shape index (κ3) is 40.4. The molecule has 0 amide bonds. The Morgan fingerprint density at radius 3 is 1.54 bits per heavy atom. The van der Waals surface area contributed by atoms with E-state index in [4.69, 9.17) is 24.4 Å². The Kier molecular flexibility index (Phi) is 39.7. The number of aliphatic hydroxyl groups excluding tert-OH is 3. The van der Waals surface area contributed by atoms with Crippen molar-refractivity contribution in [3.63, 3.8) is 0 Å². The highest BCUT2D eigenvalue weighted by molar-refractivity contribution is 4.55. The van der Waals surface area contributed by atoms with Crippen LogP contribution in [0.1, 0.15) is 85.5 Å². The molecule has 0 aliphatic rings. The molecule has 0 aromatic heterocycles. The van der Waals surface area contributed by atoms with Gasteiger partial charge in [0.1, 0.15) is 0 Å². The monoisotopic (exact) mass is 410 g/mol. The van der Waals surface area contributed by atoms with Gasteiger partial charge >= 0.3 is 0 Å². The molecule has 6 nitrogen and oxygen atoms in total. The van der Waals surface area contributed by atoms with Crippen molar-refractivity contribution in [2.24, 2.45) is 0 Å². The maximum absolute atomic E-state index is 9.54. The fourth-order valence-corrected chi connectivity index (χ4v) is 2.21. The highest BCUT2D eigenvalue weighted by Crippen LogP contribution is 2.10. The summed E-state index contributed by atoms with van der Waals surface area (Å²) in [4.78, 5) is 0. The minimum atomic E-state index is -0.0263. The Morgan fingerprint density at radius 2 is 1.04 bits per heavy atom. The van der Waals surface area contributed by atoms with Crippen LogP contribution in [0, 0.1) is 0 Å². The molecule has 0 aromatic rings. The highest BCUT2D eigenvalue weighted by atomic mass is 16.5. The lowest BCUT2D eigenvalue weighted by Crippen LogP contribution is -2.06. The summed E-state index contributed by atoms with van der Waals surface area (Å²) in [5.41, 5.74) is 0. The zero-order chi connectivity index (χ0) is 21.7. The number of unbranched alkanes of at least 4 members (excludes halogenated alkanes) is 5. The average molecular weight is 411 g/mol. The lowest BCUT2D eigenvalue weighted by Gasteiger charge is -2.08. The zero-order valence-corrected chi connectivity index (χ0v) is 19.2. The molecule has 0 aliphatic carbocycles. The SMILES string of the molecule is CCCCCCCC(O)CCCC.CCOCCO.CCOCCOCCO. The molecular formula is C22H50O6. The molecule has 174 valence electrons. The summed E-state index contributed by atoms with van der Waals surface area (Å²) in [6, 6.07) is 0. The third-order valence-electron chi connectivity index (χ3n) is 3.78. The molecule has 1 unspecified atom stereocenters. The highest BCUT2D eigenvalue weighted by Gasteiger charge is 2.02. The molecule has 0 saturated heterocycles. The van der Waals surface area contributed by atoms with E-state index in [1.807, 2.05) is 13.8 Å². The lowest BCUT2D eigenvalue weighted by atomic mass is 10.0. The van der Waals surface area contributed by atoms with Crippen molar-refractivity contribution >= 4 is 0 Å². The Hall–Kier alpha value is -0.240. The van der Waals surface area contributed by atoms with Gasteiger partial charge in [0.25, 0.3) is 0 Å². The van der Waals surface area contributed by atoms with Crippen molar-refractivity contribution in [2.75, 3.05) is 52.9 Å². The summed E-state index contributed by atoms with van der Waals surface area (Å²) in [6.45, 7) is 12.0. The lowest BCUT2D eigenvalue weighted by molar-refractivity contribution is 0.0370. The summed E-state index contributed by atoms with van der Waals surface area (Å²) >= 11 is 0. The molecule has 0 spiro atoms. The Morgan fingerprint density at radius 1 is 0.571 bits per heavy atom. The summed E-state index contributed by atoms with van der Waals surface area (Å²) in [6.07, 6.45) is 10.9. The van der Waals surface area contributed by atoms with Crippen LogP contribution in [0.4, 0.5) is 0 Å². The molecule has 0 rings (SSSR count). The largest absolute Gasteiger partial charge is 0.394 e. The predicted octanol–water partition coefficient (Wildman–Crippen LogP) is 3.95. The smallest absolute Gasteiger partial charge is 0.0701 e. The fraction of sp³-hybridized carbons (Fsp3) is 1.00. The van der Waals surface area contributed by atoms with Crippen molar-refractivity contribution in [1.29, 1.82) is 0 Å². The predicted molar refractivity (Wildman–Crippen MR) is 117 cm³/mol.